The monoisotopic (exact) mass is 312 g/mol. The number of benzene rings is 1. The molecule has 1 aromatic heterocycles. The Hall–Kier alpha value is -2.69. The number of rotatable bonds is 3. The molecule has 0 saturated heterocycles. The molecule has 118 valence electrons. The van der Waals surface area contributed by atoms with Crippen molar-refractivity contribution in [3.8, 4) is 5.75 Å². The second kappa shape index (κ2) is 6.60. The van der Waals surface area contributed by atoms with E-state index in [1.54, 1.807) is 29.3 Å². The number of fused-ring (bicyclic) bond motifs is 1. The average molecular weight is 312 g/mol. The predicted molar refractivity (Wildman–Crippen MR) is 86.9 cm³/mol. The van der Waals surface area contributed by atoms with E-state index in [4.69, 9.17) is 4.74 Å². The molecule has 0 saturated carbocycles. The van der Waals surface area contributed by atoms with Gasteiger partial charge in [-0.1, -0.05) is 6.07 Å². The highest BCUT2D eigenvalue weighted by Gasteiger charge is 2.21. The number of anilines is 1. The summed E-state index contributed by atoms with van der Waals surface area (Å²) in [5.41, 5.74) is 2.41. The van der Waals surface area contributed by atoms with Crippen LogP contribution in [0.15, 0.2) is 42.6 Å². The molecule has 2 aromatic rings. The van der Waals surface area contributed by atoms with E-state index >= 15 is 0 Å². The molecule has 1 aromatic carbocycles. The van der Waals surface area contributed by atoms with Gasteiger partial charge in [-0.25, -0.2) is 4.39 Å². The van der Waals surface area contributed by atoms with E-state index in [2.05, 4.69) is 4.98 Å². The molecule has 0 radical (unpaired) electrons. The fraction of sp³-hybridized carbons (Fsp3) is 0.222. The Morgan fingerprint density at radius 3 is 3.04 bits per heavy atom. The first kappa shape index (κ1) is 15.2. The maximum absolute atomic E-state index is 13.7. The molecule has 0 N–H and O–H groups in total. The normalized spacial score (nSPS) is 13.9. The third-order valence-electron chi connectivity index (χ3n) is 3.81. The minimum absolute atomic E-state index is 0.129. The van der Waals surface area contributed by atoms with Crippen molar-refractivity contribution >= 4 is 17.7 Å². The van der Waals surface area contributed by atoms with Gasteiger partial charge in [0.05, 0.1) is 18.5 Å². The molecule has 23 heavy (non-hydrogen) atoms. The number of hydrogen-bond donors (Lipinski definition) is 0. The number of nitrogens with zero attached hydrogens (tertiary/aromatic N) is 2. The molecule has 1 aliphatic heterocycles. The number of hydrogen-bond acceptors (Lipinski definition) is 3. The van der Waals surface area contributed by atoms with E-state index < -0.39 is 5.82 Å². The lowest BCUT2D eigenvalue weighted by atomic mass is 10.1. The van der Waals surface area contributed by atoms with Gasteiger partial charge in [0.2, 0.25) is 0 Å². The van der Waals surface area contributed by atoms with Gasteiger partial charge in [0, 0.05) is 18.8 Å². The van der Waals surface area contributed by atoms with Crippen molar-refractivity contribution in [1.82, 2.24) is 4.98 Å². The SMILES string of the molecule is COc1ccc(/C=C/C(=O)N2CCCc3ncccc32)cc1F. The summed E-state index contributed by atoms with van der Waals surface area (Å²) in [7, 11) is 1.42. The molecule has 1 aliphatic rings. The Morgan fingerprint density at radius 2 is 2.26 bits per heavy atom. The van der Waals surface area contributed by atoms with Crippen LogP contribution in [0, 0.1) is 5.82 Å². The summed E-state index contributed by atoms with van der Waals surface area (Å²) in [6.45, 7) is 0.666. The molecule has 0 fully saturated rings. The van der Waals surface area contributed by atoms with Crippen LogP contribution < -0.4 is 9.64 Å². The summed E-state index contributed by atoms with van der Waals surface area (Å²) in [5, 5.41) is 0. The van der Waals surface area contributed by atoms with E-state index in [0.29, 0.717) is 12.1 Å². The van der Waals surface area contributed by atoms with Crippen LogP contribution in [0.4, 0.5) is 10.1 Å². The maximum atomic E-state index is 13.7. The molecule has 1 amide bonds. The average Bonchev–Trinajstić information content (AvgIpc) is 2.59. The lowest BCUT2D eigenvalue weighted by Gasteiger charge is -2.27. The number of methoxy groups -OCH3 is 1. The zero-order valence-corrected chi connectivity index (χ0v) is 12.8. The summed E-state index contributed by atoms with van der Waals surface area (Å²) in [4.78, 5) is 18.5. The number of pyridine rings is 1. The van der Waals surface area contributed by atoms with Crippen LogP contribution in [0.5, 0.6) is 5.75 Å². The molecular formula is C18H17FN2O2. The van der Waals surface area contributed by atoms with E-state index in [1.165, 1.54) is 19.3 Å². The van der Waals surface area contributed by atoms with Crippen LogP contribution in [0.25, 0.3) is 6.08 Å². The smallest absolute Gasteiger partial charge is 0.251 e. The number of amides is 1. The minimum atomic E-state index is -0.449. The van der Waals surface area contributed by atoms with Gasteiger partial charge < -0.3 is 9.64 Å². The van der Waals surface area contributed by atoms with Crippen molar-refractivity contribution in [3.05, 3.63) is 59.7 Å². The number of halogens is 1. The van der Waals surface area contributed by atoms with Crippen LogP contribution >= 0.6 is 0 Å². The fourth-order valence-electron chi connectivity index (χ4n) is 2.67. The first-order valence-corrected chi connectivity index (χ1v) is 7.46. The van der Waals surface area contributed by atoms with Gasteiger partial charge in [-0.15, -0.1) is 0 Å². The van der Waals surface area contributed by atoms with Gasteiger partial charge in [0.15, 0.2) is 11.6 Å². The molecular weight excluding hydrogens is 295 g/mol. The van der Waals surface area contributed by atoms with Crippen molar-refractivity contribution in [1.29, 1.82) is 0 Å². The van der Waals surface area contributed by atoms with Gasteiger partial charge in [-0.2, -0.15) is 0 Å². The topological polar surface area (TPSA) is 42.4 Å². The minimum Gasteiger partial charge on any atom is -0.494 e. The van der Waals surface area contributed by atoms with Crippen molar-refractivity contribution in [3.63, 3.8) is 0 Å². The quantitative estimate of drug-likeness (QED) is 0.817. The fourth-order valence-corrected chi connectivity index (χ4v) is 2.67. The highest BCUT2D eigenvalue weighted by Crippen LogP contribution is 2.25. The van der Waals surface area contributed by atoms with Crippen LogP contribution in [0.3, 0.4) is 0 Å². The Bertz CT molecular complexity index is 758. The molecule has 0 bridgehead atoms. The summed E-state index contributed by atoms with van der Waals surface area (Å²) < 4.78 is 18.5. The van der Waals surface area contributed by atoms with Crippen LogP contribution in [-0.4, -0.2) is 24.5 Å². The lowest BCUT2D eigenvalue weighted by molar-refractivity contribution is -0.114. The Kier molecular flexibility index (Phi) is 4.37. The molecule has 4 nitrogen and oxygen atoms in total. The molecule has 0 unspecified atom stereocenters. The third kappa shape index (κ3) is 3.23. The number of ether oxygens (including phenoxy) is 1. The number of aryl methyl sites for hydroxylation is 1. The number of carbonyl (C=O) groups is 1. The Morgan fingerprint density at radius 1 is 1.39 bits per heavy atom. The summed E-state index contributed by atoms with van der Waals surface area (Å²) in [6, 6.07) is 8.32. The summed E-state index contributed by atoms with van der Waals surface area (Å²) in [6.07, 6.45) is 6.58. The second-order valence-electron chi connectivity index (χ2n) is 5.29. The van der Waals surface area contributed by atoms with Crippen LogP contribution in [0.1, 0.15) is 17.7 Å². The third-order valence-corrected chi connectivity index (χ3v) is 3.81. The first-order chi connectivity index (χ1) is 11.2. The van der Waals surface area contributed by atoms with Gasteiger partial charge >= 0.3 is 0 Å². The predicted octanol–water partition coefficient (Wildman–Crippen LogP) is 3.22. The van der Waals surface area contributed by atoms with Gasteiger partial charge in [-0.3, -0.25) is 9.78 Å². The Balaban J connectivity index is 1.78. The molecule has 2 heterocycles. The molecule has 3 rings (SSSR count). The number of aromatic nitrogens is 1. The van der Waals surface area contributed by atoms with Crippen LogP contribution in [-0.2, 0) is 11.2 Å². The van der Waals surface area contributed by atoms with Gasteiger partial charge in [0.1, 0.15) is 0 Å². The first-order valence-electron chi connectivity index (χ1n) is 7.46. The summed E-state index contributed by atoms with van der Waals surface area (Å²) in [5.74, 6) is -0.394. The van der Waals surface area contributed by atoms with E-state index in [9.17, 15) is 9.18 Å². The van der Waals surface area contributed by atoms with E-state index in [-0.39, 0.29) is 11.7 Å². The van der Waals surface area contributed by atoms with Crippen molar-refractivity contribution in [2.45, 2.75) is 12.8 Å². The van der Waals surface area contributed by atoms with E-state index in [1.807, 2.05) is 12.1 Å². The Labute approximate surface area is 134 Å². The molecule has 0 atom stereocenters. The standard InChI is InChI=1S/C18H17FN2O2/c1-23-17-8-6-13(12-14(17)19)7-9-18(22)21-11-3-4-15-16(21)5-2-10-20-15/h2,5-10,12H,3-4,11H2,1H3/b9-7+. The molecule has 0 spiro atoms. The van der Waals surface area contributed by atoms with Gasteiger partial charge in [0.25, 0.3) is 5.91 Å². The van der Waals surface area contributed by atoms with Crippen molar-refractivity contribution < 1.29 is 13.9 Å². The zero-order valence-electron chi connectivity index (χ0n) is 12.8. The zero-order chi connectivity index (χ0) is 16.2. The maximum Gasteiger partial charge on any atom is 0.251 e. The molecule has 5 heteroatoms. The summed E-state index contributed by atoms with van der Waals surface area (Å²) >= 11 is 0. The largest absolute Gasteiger partial charge is 0.494 e. The molecule has 0 aliphatic carbocycles. The van der Waals surface area contributed by atoms with Crippen molar-refractivity contribution in [2.75, 3.05) is 18.6 Å². The second-order valence-corrected chi connectivity index (χ2v) is 5.29. The highest BCUT2D eigenvalue weighted by atomic mass is 19.1. The van der Waals surface area contributed by atoms with Crippen molar-refractivity contribution in [2.24, 2.45) is 0 Å². The van der Waals surface area contributed by atoms with E-state index in [0.717, 1.165) is 24.2 Å². The van der Waals surface area contributed by atoms with Gasteiger partial charge in [-0.05, 0) is 48.7 Å². The number of carbonyl (C=O) groups excluding carboxylic acids is 1. The van der Waals surface area contributed by atoms with Crippen LogP contribution in [0.2, 0.25) is 0 Å². The highest BCUT2D eigenvalue weighted by molar-refractivity contribution is 6.04. The lowest BCUT2D eigenvalue weighted by Crippen LogP contribution is -2.34.